The molecule has 14 heavy (non-hydrogen) atoms. The highest BCUT2D eigenvalue weighted by atomic mass is 15.1. The first-order valence-electron chi connectivity index (χ1n) is 6.67. The summed E-state index contributed by atoms with van der Waals surface area (Å²) in [5.74, 6) is 1.03. The van der Waals surface area contributed by atoms with E-state index in [4.69, 9.17) is 0 Å². The second kappa shape index (κ2) is 3.52. The Bertz CT molecular complexity index is 203. The summed E-state index contributed by atoms with van der Waals surface area (Å²) >= 11 is 0. The van der Waals surface area contributed by atoms with Crippen LogP contribution < -0.4 is 5.32 Å². The summed E-state index contributed by atoms with van der Waals surface area (Å²) < 4.78 is 0. The molecule has 2 saturated heterocycles. The first kappa shape index (κ1) is 9.21. The Labute approximate surface area is 87.7 Å². The van der Waals surface area contributed by atoms with Crippen LogP contribution >= 0.6 is 0 Å². The molecule has 1 heteroatoms. The Kier molecular flexibility index (Phi) is 2.31. The normalized spacial score (nSPS) is 44.1. The molecule has 2 aliphatic heterocycles. The maximum Gasteiger partial charge on any atom is 0.0212 e. The number of hydrogen-bond donors (Lipinski definition) is 1. The number of piperidine rings is 1. The Morgan fingerprint density at radius 2 is 1.64 bits per heavy atom. The average molecular weight is 193 g/mol. The van der Waals surface area contributed by atoms with Crippen molar-refractivity contribution in [2.75, 3.05) is 0 Å². The Balaban J connectivity index is 1.74. The monoisotopic (exact) mass is 193 g/mol. The van der Waals surface area contributed by atoms with Crippen LogP contribution in [0.25, 0.3) is 0 Å². The molecular weight excluding hydrogens is 170 g/mol. The van der Waals surface area contributed by atoms with E-state index in [1.165, 1.54) is 64.2 Å². The molecule has 0 aromatic rings. The van der Waals surface area contributed by atoms with Gasteiger partial charge in [0, 0.05) is 11.6 Å². The summed E-state index contributed by atoms with van der Waals surface area (Å²) in [6.45, 7) is 0. The minimum atomic E-state index is 0.614. The first-order valence-corrected chi connectivity index (χ1v) is 6.67. The Morgan fingerprint density at radius 3 is 2.50 bits per heavy atom. The van der Waals surface area contributed by atoms with Crippen molar-refractivity contribution in [1.29, 1.82) is 0 Å². The summed E-state index contributed by atoms with van der Waals surface area (Å²) in [5, 5.41) is 3.97. The van der Waals surface area contributed by atoms with Crippen LogP contribution in [-0.4, -0.2) is 11.6 Å². The van der Waals surface area contributed by atoms with E-state index in [2.05, 4.69) is 5.32 Å². The quantitative estimate of drug-likeness (QED) is 0.674. The van der Waals surface area contributed by atoms with E-state index >= 15 is 0 Å². The third kappa shape index (κ3) is 1.41. The van der Waals surface area contributed by atoms with Crippen LogP contribution in [0.1, 0.15) is 64.2 Å². The molecule has 1 saturated carbocycles. The van der Waals surface area contributed by atoms with Gasteiger partial charge < -0.3 is 5.32 Å². The van der Waals surface area contributed by atoms with Crippen LogP contribution in [0.4, 0.5) is 0 Å². The molecule has 0 radical (unpaired) electrons. The van der Waals surface area contributed by atoms with Crippen molar-refractivity contribution in [3.8, 4) is 0 Å². The van der Waals surface area contributed by atoms with E-state index in [0.29, 0.717) is 5.54 Å². The van der Waals surface area contributed by atoms with Gasteiger partial charge in [-0.25, -0.2) is 0 Å². The molecule has 2 unspecified atom stereocenters. The number of hydrogen-bond acceptors (Lipinski definition) is 1. The lowest BCUT2D eigenvalue weighted by atomic mass is 9.71. The maximum absolute atomic E-state index is 3.97. The molecule has 0 amide bonds. The van der Waals surface area contributed by atoms with Gasteiger partial charge in [0.05, 0.1) is 0 Å². The van der Waals surface area contributed by atoms with Gasteiger partial charge in [-0.1, -0.05) is 25.7 Å². The van der Waals surface area contributed by atoms with Crippen molar-refractivity contribution in [3.63, 3.8) is 0 Å². The van der Waals surface area contributed by atoms with E-state index in [1.807, 2.05) is 0 Å². The smallest absolute Gasteiger partial charge is 0.0212 e. The predicted molar refractivity (Wildman–Crippen MR) is 59.3 cm³/mol. The van der Waals surface area contributed by atoms with Gasteiger partial charge in [-0.05, 0) is 44.4 Å². The van der Waals surface area contributed by atoms with Crippen molar-refractivity contribution in [2.24, 2.45) is 5.92 Å². The van der Waals surface area contributed by atoms with Crippen molar-refractivity contribution in [3.05, 3.63) is 0 Å². The predicted octanol–water partition coefficient (Wildman–Crippen LogP) is 3.24. The average Bonchev–Trinajstić information content (AvgIpc) is 2.57. The van der Waals surface area contributed by atoms with Gasteiger partial charge in [-0.2, -0.15) is 0 Å². The second-order valence-corrected chi connectivity index (χ2v) is 5.76. The zero-order chi connectivity index (χ0) is 9.43. The Morgan fingerprint density at radius 1 is 0.786 bits per heavy atom. The lowest BCUT2D eigenvalue weighted by Crippen LogP contribution is -2.52. The summed E-state index contributed by atoms with van der Waals surface area (Å²) in [7, 11) is 0. The van der Waals surface area contributed by atoms with E-state index in [-0.39, 0.29) is 0 Å². The fourth-order valence-corrected chi connectivity index (χ4v) is 4.24. The zero-order valence-electron chi connectivity index (χ0n) is 9.23. The standard InChI is InChI=1S/C13H23N/c1-2-5-11(6-3-1)13-9-4-7-12(14-13)8-10-13/h11-12,14H,1-10H2. The zero-order valence-corrected chi connectivity index (χ0v) is 9.23. The minimum Gasteiger partial charge on any atom is -0.308 e. The SMILES string of the molecule is C1CCC(C23CCCC(CC2)N3)CC1. The molecule has 1 aliphatic carbocycles. The molecule has 2 bridgehead atoms. The fourth-order valence-electron chi connectivity index (χ4n) is 4.24. The van der Waals surface area contributed by atoms with Crippen LogP contribution in [0.2, 0.25) is 0 Å². The summed E-state index contributed by atoms with van der Waals surface area (Å²) in [4.78, 5) is 0. The molecular formula is C13H23N. The topological polar surface area (TPSA) is 12.0 Å². The first-order chi connectivity index (χ1) is 6.89. The van der Waals surface area contributed by atoms with Crippen molar-refractivity contribution >= 4 is 0 Å². The summed E-state index contributed by atoms with van der Waals surface area (Å²) in [5.41, 5.74) is 0.614. The van der Waals surface area contributed by atoms with E-state index < -0.39 is 0 Å². The summed E-state index contributed by atoms with van der Waals surface area (Å²) in [6.07, 6.45) is 14.9. The van der Waals surface area contributed by atoms with Gasteiger partial charge >= 0.3 is 0 Å². The van der Waals surface area contributed by atoms with E-state index in [9.17, 15) is 0 Å². The van der Waals surface area contributed by atoms with E-state index in [0.717, 1.165) is 12.0 Å². The van der Waals surface area contributed by atoms with Gasteiger partial charge in [0.15, 0.2) is 0 Å². The Hall–Kier alpha value is -0.0400. The maximum atomic E-state index is 3.97. The number of fused-ring (bicyclic) bond motifs is 2. The molecule has 2 atom stereocenters. The third-order valence-electron chi connectivity index (χ3n) is 4.99. The lowest BCUT2D eigenvalue weighted by Gasteiger charge is -2.43. The van der Waals surface area contributed by atoms with Crippen molar-refractivity contribution in [2.45, 2.75) is 75.8 Å². The van der Waals surface area contributed by atoms with Gasteiger partial charge in [0.1, 0.15) is 0 Å². The van der Waals surface area contributed by atoms with Gasteiger partial charge in [-0.3, -0.25) is 0 Å². The molecule has 0 spiro atoms. The van der Waals surface area contributed by atoms with Crippen molar-refractivity contribution < 1.29 is 0 Å². The molecule has 3 rings (SSSR count). The lowest BCUT2D eigenvalue weighted by molar-refractivity contribution is 0.142. The molecule has 3 fully saturated rings. The summed E-state index contributed by atoms with van der Waals surface area (Å²) in [6, 6.07) is 0.894. The highest BCUT2D eigenvalue weighted by Gasteiger charge is 2.46. The van der Waals surface area contributed by atoms with Crippen LogP contribution in [0.3, 0.4) is 0 Å². The van der Waals surface area contributed by atoms with Crippen LogP contribution in [0.5, 0.6) is 0 Å². The fraction of sp³-hybridized carbons (Fsp3) is 1.00. The molecule has 3 aliphatic rings. The van der Waals surface area contributed by atoms with Gasteiger partial charge in [0.25, 0.3) is 0 Å². The molecule has 2 heterocycles. The van der Waals surface area contributed by atoms with Crippen molar-refractivity contribution in [1.82, 2.24) is 5.32 Å². The number of nitrogens with one attached hydrogen (secondary N) is 1. The molecule has 0 aromatic carbocycles. The molecule has 1 N–H and O–H groups in total. The number of rotatable bonds is 1. The van der Waals surface area contributed by atoms with Gasteiger partial charge in [-0.15, -0.1) is 0 Å². The van der Waals surface area contributed by atoms with Crippen LogP contribution in [-0.2, 0) is 0 Å². The van der Waals surface area contributed by atoms with Crippen LogP contribution in [0.15, 0.2) is 0 Å². The highest BCUT2D eigenvalue weighted by Crippen LogP contribution is 2.45. The highest BCUT2D eigenvalue weighted by molar-refractivity contribution is 5.05. The molecule has 80 valence electrons. The minimum absolute atomic E-state index is 0.614. The van der Waals surface area contributed by atoms with Crippen LogP contribution in [0, 0.1) is 5.92 Å². The largest absolute Gasteiger partial charge is 0.308 e. The third-order valence-corrected chi connectivity index (χ3v) is 4.99. The molecule has 1 nitrogen and oxygen atoms in total. The molecule has 0 aromatic heterocycles. The second-order valence-electron chi connectivity index (χ2n) is 5.76. The van der Waals surface area contributed by atoms with Gasteiger partial charge in [0.2, 0.25) is 0 Å². The van der Waals surface area contributed by atoms with E-state index in [1.54, 1.807) is 0 Å².